The summed E-state index contributed by atoms with van der Waals surface area (Å²) in [6.45, 7) is 10.7. The predicted octanol–water partition coefficient (Wildman–Crippen LogP) is 3.05. The minimum Gasteiger partial charge on any atom is -0.382 e. The largest absolute Gasteiger partial charge is 0.382 e. The molecule has 5 heteroatoms. The number of rotatable bonds is 12. The number of methoxy groups -OCH3 is 1. The van der Waals surface area contributed by atoms with Gasteiger partial charge in [0, 0.05) is 25.0 Å². The number of hydrogen-bond acceptors (Lipinski definition) is 5. The molecule has 0 aromatic carbocycles. The molecule has 0 spiro atoms. The van der Waals surface area contributed by atoms with E-state index >= 15 is 0 Å². The Morgan fingerprint density at radius 3 is 2.71 bits per heavy atom. The van der Waals surface area contributed by atoms with Crippen LogP contribution in [0.1, 0.15) is 42.8 Å². The fraction of sp³-hybridized carbons (Fsp3) is 0.812. The van der Waals surface area contributed by atoms with Gasteiger partial charge in [-0.25, -0.2) is 4.98 Å². The molecule has 0 aliphatic heterocycles. The van der Waals surface area contributed by atoms with Gasteiger partial charge in [0.25, 0.3) is 0 Å². The third kappa shape index (κ3) is 7.90. The summed E-state index contributed by atoms with van der Waals surface area (Å²) < 4.78 is 10.5. The lowest BCUT2D eigenvalue weighted by Crippen LogP contribution is -2.14. The van der Waals surface area contributed by atoms with Gasteiger partial charge in [0.05, 0.1) is 30.5 Å². The first-order valence-corrected chi connectivity index (χ1v) is 8.73. The van der Waals surface area contributed by atoms with E-state index < -0.39 is 0 Å². The van der Waals surface area contributed by atoms with Crippen molar-refractivity contribution in [2.75, 3.05) is 33.5 Å². The van der Waals surface area contributed by atoms with Crippen molar-refractivity contribution in [3.63, 3.8) is 0 Å². The zero-order chi connectivity index (χ0) is 15.5. The quantitative estimate of drug-likeness (QED) is 0.602. The highest BCUT2D eigenvalue weighted by molar-refractivity contribution is 7.11. The second kappa shape index (κ2) is 11.1. The first-order valence-electron chi connectivity index (χ1n) is 7.92. The van der Waals surface area contributed by atoms with Crippen molar-refractivity contribution in [1.82, 2.24) is 10.3 Å². The van der Waals surface area contributed by atoms with E-state index in [1.807, 2.05) is 11.3 Å². The monoisotopic (exact) mass is 314 g/mol. The Morgan fingerprint density at radius 1 is 1.24 bits per heavy atom. The lowest BCUT2D eigenvalue weighted by Gasteiger charge is -2.05. The molecule has 1 heterocycles. The molecule has 0 aliphatic rings. The van der Waals surface area contributed by atoms with Crippen LogP contribution >= 0.6 is 11.3 Å². The summed E-state index contributed by atoms with van der Waals surface area (Å²) in [4.78, 5) is 6.21. The maximum atomic E-state index is 5.53. The SMILES string of the molecule is CCCNCc1sc(CCOCCOC)nc1CC(C)C. The van der Waals surface area contributed by atoms with Crippen LogP contribution in [0.4, 0.5) is 0 Å². The third-order valence-corrected chi connectivity index (χ3v) is 4.19. The minimum atomic E-state index is 0.642. The molecule has 1 N–H and O–H groups in total. The van der Waals surface area contributed by atoms with Crippen LogP contribution in [0.15, 0.2) is 0 Å². The van der Waals surface area contributed by atoms with Crippen LogP contribution in [-0.2, 0) is 28.9 Å². The van der Waals surface area contributed by atoms with E-state index in [0.717, 1.165) is 32.5 Å². The first kappa shape index (κ1) is 18.6. The van der Waals surface area contributed by atoms with Gasteiger partial charge in [-0.2, -0.15) is 0 Å². The molecule has 0 amide bonds. The molecule has 1 rings (SSSR count). The molecule has 0 unspecified atom stereocenters. The van der Waals surface area contributed by atoms with Crippen molar-refractivity contribution in [2.24, 2.45) is 5.92 Å². The van der Waals surface area contributed by atoms with Crippen LogP contribution in [0.25, 0.3) is 0 Å². The van der Waals surface area contributed by atoms with Crippen LogP contribution in [0.2, 0.25) is 0 Å². The molecular weight excluding hydrogens is 284 g/mol. The molecule has 0 radical (unpaired) electrons. The molecular formula is C16H30N2O2S. The standard InChI is InChI=1S/C16H30N2O2S/c1-5-7-17-12-15-14(11-13(2)3)18-16(21-15)6-8-20-10-9-19-4/h13,17H,5-12H2,1-4H3. The Kier molecular flexibility index (Phi) is 9.83. The summed E-state index contributed by atoms with van der Waals surface area (Å²) in [6, 6.07) is 0. The molecule has 0 saturated heterocycles. The van der Waals surface area contributed by atoms with Crippen molar-refractivity contribution >= 4 is 11.3 Å². The van der Waals surface area contributed by atoms with E-state index in [1.54, 1.807) is 7.11 Å². The predicted molar refractivity (Wildman–Crippen MR) is 89.1 cm³/mol. The number of nitrogens with zero attached hydrogens (tertiary/aromatic N) is 1. The average molecular weight is 314 g/mol. The van der Waals surface area contributed by atoms with Gasteiger partial charge in [-0.3, -0.25) is 0 Å². The second-order valence-corrected chi connectivity index (χ2v) is 6.78. The molecule has 1 aromatic heterocycles. The van der Waals surface area contributed by atoms with Gasteiger partial charge in [0.1, 0.15) is 0 Å². The Balaban J connectivity index is 2.50. The van der Waals surface area contributed by atoms with E-state index in [0.29, 0.717) is 19.1 Å². The number of thiazole rings is 1. The molecule has 0 saturated carbocycles. The summed E-state index contributed by atoms with van der Waals surface area (Å²) in [5, 5.41) is 4.68. The lowest BCUT2D eigenvalue weighted by atomic mass is 10.1. The number of aromatic nitrogens is 1. The number of ether oxygens (including phenoxy) is 2. The maximum absolute atomic E-state index is 5.53. The van der Waals surface area contributed by atoms with E-state index in [2.05, 4.69) is 26.1 Å². The zero-order valence-corrected chi connectivity index (χ0v) is 14.7. The van der Waals surface area contributed by atoms with Crippen molar-refractivity contribution in [2.45, 2.75) is 46.6 Å². The zero-order valence-electron chi connectivity index (χ0n) is 13.9. The molecule has 21 heavy (non-hydrogen) atoms. The van der Waals surface area contributed by atoms with E-state index in [9.17, 15) is 0 Å². The van der Waals surface area contributed by atoms with Crippen LogP contribution in [-0.4, -0.2) is 38.5 Å². The number of hydrogen-bond donors (Lipinski definition) is 1. The van der Waals surface area contributed by atoms with Gasteiger partial charge < -0.3 is 14.8 Å². The van der Waals surface area contributed by atoms with Gasteiger partial charge in [-0.1, -0.05) is 20.8 Å². The summed E-state index contributed by atoms with van der Waals surface area (Å²) in [5.74, 6) is 0.642. The highest BCUT2D eigenvalue weighted by Crippen LogP contribution is 2.22. The smallest absolute Gasteiger partial charge is 0.0954 e. The first-order chi connectivity index (χ1) is 10.2. The van der Waals surface area contributed by atoms with E-state index in [1.165, 1.54) is 22.0 Å². The van der Waals surface area contributed by atoms with Crippen molar-refractivity contribution < 1.29 is 9.47 Å². The van der Waals surface area contributed by atoms with Crippen LogP contribution < -0.4 is 5.32 Å². The van der Waals surface area contributed by atoms with Crippen molar-refractivity contribution in [3.05, 3.63) is 15.6 Å². The molecule has 0 aliphatic carbocycles. The Labute approximate surface area is 133 Å². The fourth-order valence-electron chi connectivity index (χ4n) is 2.01. The molecule has 0 fully saturated rings. The fourth-order valence-corrected chi connectivity index (χ4v) is 3.06. The van der Waals surface area contributed by atoms with Gasteiger partial charge in [0.2, 0.25) is 0 Å². The van der Waals surface area contributed by atoms with Gasteiger partial charge in [0.15, 0.2) is 0 Å². The van der Waals surface area contributed by atoms with Crippen molar-refractivity contribution in [1.29, 1.82) is 0 Å². The van der Waals surface area contributed by atoms with Crippen LogP contribution in [0, 0.1) is 5.92 Å². The van der Waals surface area contributed by atoms with E-state index in [-0.39, 0.29) is 0 Å². The lowest BCUT2D eigenvalue weighted by molar-refractivity contribution is 0.0722. The number of nitrogens with one attached hydrogen (secondary N) is 1. The highest BCUT2D eigenvalue weighted by Gasteiger charge is 2.12. The summed E-state index contributed by atoms with van der Waals surface area (Å²) in [6.07, 6.45) is 3.12. The van der Waals surface area contributed by atoms with Crippen LogP contribution in [0.3, 0.4) is 0 Å². The van der Waals surface area contributed by atoms with Gasteiger partial charge in [-0.05, 0) is 25.3 Å². The molecule has 1 aromatic rings. The molecule has 122 valence electrons. The minimum absolute atomic E-state index is 0.642. The normalized spacial score (nSPS) is 11.5. The Bertz CT molecular complexity index is 380. The Hall–Kier alpha value is -0.490. The highest BCUT2D eigenvalue weighted by atomic mass is 32.1. The second-order valence-electron chi connectivity index (χ2n) is 5.61. The third-order valence-electron chi connectivity index (χ3n) is 3.03. The molecule has 4 nitrogen and oxygen atoms in total. The topological polar surface area (TPSA) is 43.4 Å². The average Bonchev–Trinajstić information content (AvgIpc) is 2.80. The van der Waals surface area contributed by atoms with Crippen LogP contribution in [0.5, 0.6) is 0 Å². The summed E-state index contributed by atoms with van der Waals surface area (Å²) in [5.41, 5.74) is 1.27. The molecule has 0 bridgehead atoms. The van der Waals surface area contributed by atoms with Gasteiger partial charge in [-0.15, -0.1) is 11.3 Å². The Morgan fingerprint density at radius 2 is 2.05 bits per heavy atom. The summed E-state index contributed by atoms with van der Waals surface area (Å²) in [7, 11) is 1.69. The molecule has 0 atom stereocenters. The maximum Gasteiger partial charge on any atom is 0.0954 e. The van der Waals surface area contributed by atoms with Gasteiger partial charge >= 0.3 is 0 Å². The summed E-state index contributed by atoms with van der Waals surface area (Å²) >= 11 is 1.83. The van der Waals surface area contributed by atoms with Crippen molar-refractivity contribution in [3.8, 4) is 0 Å². The van der Waals surface area contributed by atoms with E-state index in [4.69, 9.17) is 14.5 Å².